The van der Waals surface area contributed by atoms with Crippen molar-refractivity contribution in [2.45, 2.75) is 50.2 Å². The molecule has 1 aromatic carbocycles. The molecule has 2 heterocycles. The number of aromatic nitrogens is 1. The van der Waals surface area contributed by atoms with Crippen LogP contribution in [0.15, 0.2) is 46.0 Å². The van der Waals surface area contributed by atoms with Crippen molar-refractivity contribution in [2.24, 2.45) is 5.73 Å². The molecule has 0 amide bonds. The van der Waals surface area contributed by atoms with Crippen LogP contribution >= 0.6 is 11.8 Å². The van der Waals surface area contributed by atoms with Gasteiger partial charge in [0.1, 0.15) is 28.5 Å². The van der Waals surface area contributed by atoms with Crippen molar-refractivity contribution in [3.8, 4) is 29.4 Å². The van der Waals surface area contributed by atoms with Crippen LogP contribution in [0.5, 0.6) is 17.2 Å². The highest BCUT2D eigenvalue weighted by Crippen LogP contribution is 2.49. The van der Waals surface area contributed by atoms with Crippen LogP contribution in [0.2, 0.25) is 0 Å². The minimum atomic E-state index is -0.987. The van der Waals surface area contributed by atoms with E-state index in [-0.39, 0.29) is 34.3 Å². The maximum absolute atomic E-state index is 13.6. The number of benzene rings is 1. The summed E-state index contributed by atoms with van der Waals surface area (Å²) in [5.41, 5.74) is 9.32. The van der Waals surface area contributed by atoms with Crippen LogP contribution in [0.3, 0.4) is 0 Å². The summed E-state index contributed by atoms with van der Waals surface area (Å²) in [6.45, 7) is 3.46. The molecular weight excluding hydrogens is 532 g/mol. The first-order chi connectivity index (χ1) is 19.3. The van der Waals surface area contributed by atoms with Gasteiger partial charge < -0.3 is 29.4 Å². The summed E-state index contributed by atoms with van der Waals surface area (Å²) in [5.74, 6) is -0.545. The van der Waals surface area contributed by atoms with Crippen LogP contribution in [0.1, 0.15) is 48.6 Å². The number of thioether (sulfide) groups is 1. The van der Waals surface area contributed by atoms with Crippen molar-refractivity contribution in [3.63, 3.8) is 0 Å². The van der Waals surface area contributed by atoms with E-state index in [4.69, 9.17) is 34.4 Å². The van der Waals surface area contributed by atoms with E-state index in [1.165, 1.54) is 33.1 Å². The van der Waals surface area contributed by atoms with E-state index in [0.29, 0.717) is 27.7 Å². The molecule has 2 aromatic rings. The molecule has 0 saturated heterocycles. The number of nitriles is 2. The van der Waals surface area contributed by atoms with Crippen LogP contribution in [0, 0.1) is 22.7 Å². The third-order valence-electron chi connectivity index (χ3n) is 6.58. The van der Waals surface area contributed by atoms with Gasteiger partial charge in [0.15, 0.2) is 11.5 Å². The van der Waals surface area contributed by atoms with Crippen LogP contribution in [-0.2, 0) is 27.1 Å². The molecule has 0 saturated carbocycles. The van der Waals surface area contributed by atoms with E-state index in [2.05, 4.69) is 12.1 Å². The summed E-state index contributed by atoms with van der Waals surface area (Å²) in [6.07, 6.45) is 2.30. The number of pyridine rings is 1. The quantitative estimate of drug-likeness (QED) is 0.345. The highest BCUT2D eigenvalue weighted by molar-refractivity contribution is 7.99. The Balaban J connectivity index is 1.87. The van der Waals surface area contributed by atoms with Crippen molar-refractivity contribution in [2.75, 3.05) is 27.1 Å². The van der Waals surface area contributed by atoms with E-state index in [9.17, 15) is 15.3 Å². The standard InChI is InChI=1S/C29H30N4O6S/c1-15(2)38-29(34)24-22(14-40-28-17(12-30)11-16-7-6-8-20(16)33-28)39-27(32)19(13-31)23(24)18-9-10-21(35-3)26(37-5)25(18)36-4/h9-11,15,23H,6-8,14,32H2,1-5H3. The summed E-state index contributed by atoms with van der Waals surface area (Å²) in [7, 11) is 4.41. The zero-order valence-corrected chi connectivity index (χ0v) is 23.8. The number of rotatable bonds is 9. The van der Waals surface area contributed by atoms with Gasteiger partial charge in [0.05, 0.1) is 50.2 Å². The number of fused-ring (bicyclic) bond motifs is 1. The maximum atomic E-state index is 13.6. The van der Waals surface area contributed by atoms with Crippen LogP contribution in [0.25, 0.3) is 0 Å². The Labute approximate surface area is 237 Å². The first-order valence-electron chi connectivity index (χ1n) is 12.6. The molecule has 2 aliphatic rings. The van der Waals surface area contributed by atoms with E-state index in [0.717, 1.165) is 30.5 Å². The van der Waals surface area contributed by atoms with Gasteiger partial charge in [-0.1, -0.05) is 17.8 Å². The molecule has 2 N–H and O–H groups in total. The molecule has 1 atom stereocenters. The average molecular weight is 563 g/mol. The Bertz CT molecular complexity index is 1480. The molecule has 0 spiro atoms. The molecule has 0 bridgehead atoms. The van der Waals surface area contributed by atoms with E-state index in [1.54, 1.807) is 26.0 Å². The zero-order chi connectivity index (χ0) is 29.0. The van der Waals surface area contributed by atoms with Crippen molar-refractivity contribution >= 4 is 17.7 Å². The second kappa shape index (κ2) is 12.2. The number of allylic oxidation sites excluding steroid dienone is 1. The second-order valence-electron chi connectivity index (χ2n) is 9.34. The number of methoxy groups -OCH3 is 3. The van der Waals surface area contributed by atoms with Gasteiger partial charge >= 0.3 is 5.97 Å². The van der Waals surface area contributed by atoms with Gasteiger partial charge in [0, 0.05) is 11.3 Å². The Morgan fingerprint density at radius 2 is 1.90 bits per heavy atom. The molecule has 208 valence electrons. The first kappa shape index (κ1) is 28.7. The third kappa shape index (κ3) is 5.38. The molecule has 10 nitrogen and oxygen atoms in total. The fourth-order valence-electron chi connectivity index (χ4n) is 4.87. The first-order valence-corrected chi connectivity index (χ1v) is 13.6. The molecule has 0 fully saturated rings. The monoisotopic (exact) mass is 562 g/mol. The number of nitrogens with two attached hydrogens (primary N) is 1. The summed E-state index contributed by atoms with van der Waals surface area (Å²) in [5, 5.41) is 20.4. The van der Waals surface area contributed by atoms with Crippen LogP contribution in [0.4, 0.5) is 0 Å². The molecule has 1 aromatic heterocycles. The highest BCUT2D eigenvalue weighted by atomic mass is 32.2. The number of carbonyl (C=O) groups is 1. The minimum Gasteiger partial charge on any atom is -0.493 e. The zero-order valence-electron chi connectivity index (χ0n) is 23.0. The molecule has 4 rings (SSSR count). The average Bonchev–Trinajstić information content (AvgIpc) is 3.40. The Hall–Kier alpha value is -4.35. The molecule has 1 unspecified atom stereocenters. The number of ether oxygens (including phenoxy) is 5. The van der Waals surface area contributed by atoms with Crippen LogP contribution < -0.4 is 19.9 Å². The molecule has 1 aliphatic carbocycles. The lowest BCUT2D eigenvalue weighted by Crippen LogP contribution is -2.28. The second-order valence-corrected chi connectivity index (χ2v) is 10.3. The van der Waals surface area contributed by atoms with Gasteiger partial charge in [-0.3, -0.25) is 0 Å². The number of hydrogen-bond donors (Lipinski definition) is 1. The van der Waals surface area contributed by atoms with Gasteiger partial charge in [0.2, 0.25) is 11.6 Å². The largest absolute Gasteiger partial charge is 0.493 e. The van der Waals surface area contributed by atoms with Crippen LogP contribution in [-0.4, -0.2) is 44.1 Å². The molecule has 40 heavy (non-hydrogen) atoms. The summed E-state index contributed by atoms with van der Waals surface area (Å²) in [6, 6.07) is 9.53. The van der Waals surface area contributed by atoms with Crippen molar-refractivity contribution in [3.05, 3.63) is 63.4 Å². The summed E-state index contributed by atoms with van der Waals surface area (Å²) < 4.78 is 28.2. The normalized spacial score (nSPS) is 16.1. The smallest absolute Gasteiger partial charge is 0.338 e. The molecular formula is C29H30N4O6S. The van der Waals surface area contributed by atoms with E-state index >= 15 is 0 Å². The fourth-order valence-corrected chi connectivity index (χ4v) is 5.78. The topological polar surface area (TPSA) is 150 Å². The predicted molar refractivity (Wildman–Crippen MR) is 147 cm³/mol. The van der Waals surface area contributed by atoms with Crippen molar-refractivity contribution < 1.29 is 28.5 Å². The molecule has 1 aliphatic heterocycles. The summed E-state index contributed by atoms with van der Waals surface area (Å²) in [4.78, 5) is 18.4. The Morgan fingerprint density at radius 1 is 1.15 bits per heavy atom. The Kier molecular flexibility index (Phi) is 8.76. The number of nitrogens with zero attached hydrogens (tertiary/aromatic N) is 3. The highest BCUT2D eigenvalue weighted by Gasteiger charge is 2.40. The number of hydrogen-bond acceptors (Lipinski definition) is 11. The lowest BCUT2D eigenvalue weighted by molar-refractivity contribution is -0.143. The van der Waals surface area contributed by atoms with Gasteiger partial charge in [-0.15, -0.1) is 0 Å². The minimum absolute atomic E-state index is 0.0170. The molecule has 0 radical (unpaired) electrons. The van der Waals surface area contributed by atoms with Gasteiger partial charge in [-0.05, 0) is 50.8 Å². The summed E-state index contributed by atoms with van der Waals surface area (Å²) >= 11 is 1.25. The third-order valence-corrected chi connectivity index (χ3v) is 7.57. The van der Waals surface area contributed by atoms with Gasteiger partial charge in [0.25, 0.3) is 0 Å². The van der Waals surface area contributed by atoms with Gasteiger partial charge in [-0.25, -0.2) is 9.78 Å². The van der Waals surface area contributed by atoms with E-state index < -0.39 is 18.0 Å². The van der Waals surface area contributed by atoms with E-state index in [1.807, 2.05) is 6.07 Å². The SMILES string of the molecule is COc1ccc(C2C(C#N)=C(N)OC(CSc3nc4c(cc3C#N)CCC4)=C2C(=O)OC(C)C)c(OC)c1OC. The molecule has 11 heteroatoms. The predicted octanol–water partition coefficient (Wildman–Crippen LogP) is 4.27. The van der Waals surface area contributed by atoms with Crippen molar-refractivity contribution in [1.29, 1.82) is 10.5 Å². The number of esters is 1. The fraction of sp³-hybridized carbons (Fsp3) is 0.379. The van der Waals surface area contributed by atoms with Crippen molar-refractivity contribution in [1.82, 2.24) is 4.98 Å². The van der Waals surface area contributed by atoms with Gasteiger partial charge in [-0.2, -0.15) is 10.5 Å². The number of carbonyl (C=O) groups excluding carboxylic acids is 1. The lowest BCUT2D eigenvalue weighted by Gasteiger charge is -2.30. The number of aryl methyl sites for hydroxylation is 2. The lowest BCUT2D eigenvalue weighted by atomic mass is 9.82. The maximum Gasteiger partial charge on any atom is 0.338 e. The Morgan fingerprint density at radius 3 is 2.52 bits per heavy atom.